The molecule has 1 atom stereocenters. The lowest BCUT2D eigenvalue weighted by molar-refractivity contribution is -0.117. The Morgan fingerprint density at radius 2 is 2.11 bits per heavy atom. The van der Waals surface area contributed by atoms with E-state index in [2.05, 4.69) is 0 Å². The van der Waals surface area contributed by atoms with E-state index >= 15 is 0 Å². The molecule has 7 heteroatoms. The molecule has 1 amide bonds. The van der Waals surface area contributed by atoms with Gasteiger partial charge in [0.15, 0.2) is 0 Å². The summed E-state index contributed by atoms with van der Waals surface area (Å²) in [7, 11) is -3.71. The SMILES string of the molecule is Cc1cccc(Cl)c1N1CC(S(N)(=O)=O)CC1=O. The van der Waals surface area contributed by atoms with E-state index in [1.165, 1.54) is 4.90 Å². The Labute approximate surface area is 111 Å². The molecule has 1 saturated heterocycles. The number of primary sulfonamides is 1. The van der Waals surface area contributed by atoms with Crippen LogP contribution in [0.5, 0.6) is 0 Å². The molecule has 98 valence electrons. The van der Waals surface area contributed by atoms with Crippen LogP contribution in [-0.4, -0.2) is 26.1 Å². The highest BCUT2D eigenvalue weighted by atomic mass is 35.5. The minimum atomic E-state index is -3.71. The predicted molar refractivity (Wildman–Crippen MR) is 70.1 cm³/mol. The Hall–Kier alpha value is -1.11. The molecule has 1 fully saturated rings. The fourth-order valence-electron chi connectivity index (χ4n) is 2.08. The number of halogens is 1. The first kappa shape index (κ1) is 13.3. The Bertz CT molecular complexity index is 580. The van der Waals surface area contributed by atoms with Crippen molar-refractivity contribution in [2.45, 2.75) is 18.6 Å². The summed E-state index contributed by atoms with van der Waals surface area (Å²) in [5.41, 5.74) is 1.39. The van der Waals surface area contributed by atoms with Crippen molar-refractivity contribution in [2.24, 2.45) is 5.14 Å². The molecule has 2 rings (SSSR count). The Kier molecular flexibility index (Phi) is 3.35. The highest BCUT2D eigenvalue weighted by Crippen LogP contribution is 2.33. The molecule has 1 aromatic carbocycles. The zero-order valence-corrected chi connectivity index (χ0v) is 11.3. The van der Waals surface area contributed by atoms with Gasteiger partial charge in [0.25, 0.3) is 0 Å². The second-order valence-corrected chi connectivity index (χ2v) is 6.58. The van der Waals surface area contributed by atoms with Crippen LogP contribution < -0.4 is 10.0 Å². The van der Waals surface area contributed by atoms with Crippen molar-refractivity contribution in [3.05, 3.63) is 28.8 Å². The Morgan fingerprint density at radius 1 is 1.44 bits per heavy atom. The van der Waals surface area contributed by atoms with Gasteiger partial charge in [0.2, 0.25) is 15.9 Å². The minimum absolute atomic E-state index is 0.0578. The van der Waals surface area contributed by atoms with Crippen molar-refractivity contribution >= 4 is 33.2 Å². The molecule has 1 aromatic rings. The lowest BCUT2D eigenvalue weighted by Gasteiger charge is -2.20. The van der Waals surface area contributed by atoms with E-state index in [9.17, 15) is 13.2 Å². The van der Waals surface area contributed by atoms with Crippen molar-refractivity contribution < 1.29 is 13.2 Å². The maximum atomic E-state index is 11.9. The van der Waals surface area contributed by atoms with Gasteiger partial charge in [-0.15, -0.1) is 0 Å². The fraction of sp³-hybridized carbons (Fsp3) is 0.364. The summed E-state index contributed by atoms with van der Waals surface area (Å²) in [5, 5.41) is 4.65. The summed E-state index contributed by atoms with van der Waals surface area (Å²) in [6, 6.07) is 5.26. The first-order valence-electron chi connectivity index (χ1n) is 5.38. The molecule has 0 radical (unpaired) electrons. The summed E-state index contributed by atoms with van der Waals surface area (Å²) in [6.45, 7) is 1.88. The highest BCUT2D eigenvalue weighted by Gasteiger charge is 2.38. The zero-order valence-electron chi connectivity index (χ0n) is 9.76. The molecular formula is C11H13ClN2O3S. The van der Waals surface area contributed by atoms with Crippen LogP contribution >= 0.6 is 11.6 Å². The van der Waals surface area contributed by atoms with Crippen LogP contribution in [0.15, 0.2) is 18.2 Å². The molecule has 1 unspecified atom stereocenters. The standard InChI is InChI=1S/C11H13ClN2O3S/c1-7-3-2-4-9(12)11(7)14-6-8(5-10(14)15)18(13,16)17/h2-4,8H,5-6H2,1H3,(H2,13,16,17). The zero-order chi connectivity index (χ0) is 13.5. The molecule has 2 N–H and O–H groups in total. The molecule has 0 bridgehead atoms. The van der Waals surface area contributed by atoms with Crippen LogP contribution in [0.2, 0.25) is 5.02 Å². The number of aryl methyl sites for hydroxylation is 1. The maximum absolute atomic E-state index is 11.9. The molecule has 0 aromatic heterocycles. The highest BCUT2D eigenvalue weighted by molar-refractivity contribution is 7.89. The van der Waals surface area contributed by atoms with E-state index in [-0.39, 0.29) is 18.9 Å². The van der Waals surface area contributed by atoms with Gasteiger partial charge in [-0.3, -0.25) is 4.79 Å². The summed E-state index contributed by atoms with van der Waals surface area (Å²) in [6.07, 6.45) is -0.0938. The second-order valence-electron chi connectivity index (χ2n) is 4.32. The van der Waals surface area contributed by atoms with Gasteiger partial charge in [0, 0.05) is 13.0 Å². The molecule has 1 aliphatic rings. The van der Waals surface area contributed by atoms with Gasteiger partial charge in [-0.25, -0.2) is 13.6 Å². The number of para-hydroxylation sites is 1. The summed E-state index contributed by atoms with van der Waals surface area (Å²) in [4.78, 5) is 13.3. The average molecular weight is 289 g/mol. The number of benzene rings is 1. The van der Waals surface area contributed by atoms with Crippen molar-refractivity contribution in [1.29, 1.82) is 0 Å². The number of nitrogens with two attached hydrogens (primary N) is 1. The van der Waals surface area contributed by atoms with Crippen molar-refractivity contribution in [2.75, 3.05) is 11.4 Å². The van der Waals surface area contributed by atoms with E-state index in [0.717, 1.165) is 5.56 Å². The maximum Gasteiger partial charge on any atom is 0.228 e. The van der Waals surface area contributed by atoms with Gasteiger partial charge in [-0.1, -0.05) is 23.7 Å². The number of carbonyl (C=O) groups is 1. The fourth-order valence-corrected chi connectivity index (χ4v) is 3.13. The number of rotatable bonds is 2. The molecule has 18 heavy (non-hydrogen) atoms. The van der Waals surface area contributed by atoms with Gasteiger partial charge >= 0.3 is 0 Å². The van der Waals surface area contributed by atoms with E-state index in [1.807, 2.05) is 13.0 Å². The number of hydrogen-bond donors (Lipinski definition) is 1. The summed E-state index contributed by atoms with van der Waals surface area (Å²) >= 11 is 6.06. The first-order valence-corrected chi connectivity index (χ1v) is 7.36. The molecule has 1 aliphatic heterocycles. The lowest BCUT2D eigenvalue weighted by Crippen LogP contribution is -2.32. The third kappa shape index (κ3) is 2.36. The molecule has 1 heterocycles. The van der Waals surface area contributed by atoms with Crippen LogP contribution in [-0.2, 0) is 14.8 Å². The lowest BCUT2D eigenvalue weighted by atomic mass is 10.2. The van der Waals surface area contributed by atoms with E-state index < -0.39 is 15.3 Å². The predicted octanol–water partition coefficient (Wildman–Crippen LogP) is 1.04. The molecule has 0 aliphatic carbocycles. The van der Waals surface area contributed by atoms with Crippen molar-refractivity contribution in [3.8, 4) is 0 Å². The van der Waals surface area contributed by atoms with Crippen LogP contribution in [0.3, 0.4) is 0 Å². The van der Waals surface area contributed by atoms with Crippen LogP contribution in [0, 0.1) is 6.92 Å². The van der Waals surface area contributed by atoms with Crippen LogP contribution in [0.25, 0.3) is 0 Å². The van der Waals surface area contributed by atoms with Gasteiger partial charge in [-0.2, -0.15) is 0 Å². The van der Waals surface area contributed by atoms with Crippen molar-refractivity contribution in [1.82, 2.24) is 0 Å². The minimum Gasteiger partial charge on any atom is -0.309 e. The van der Waals surface area contributed by atoms with Gasteiger partial charge in [0.05, 0.1) is 10.7 Å². The number of amides is 1. The topological polar surface area (TPSA) is 80.5 Å². The molecular weight excluding hydrogens is 276 g/mol. The number of hydrogen-bond acceptors (Lipinski definition) is 3. The van der Waals surface area contributed by atoms with Crippen molar-refractivity contribution in [3.63, 3.8) is 0 Å². The van der Waals surface area contributed by atoms with Gasteiger partial charge in [0.1, 0.15) is 5.25 Å². The monoisotopic (exact) mass is 288 g/mol. The quantitative estimate of drug-likeness (QED) is 0.883. The average Bonchev–Trinajstić information content (AvgIpc) is 2.60. The van der Waals surface area contributed by atoms with E-state index in [0.29, 0.717) is 10.7 Å². The molecule has 0 saturated carbocycles. The second kappa shape index (κ2) is 4.53. The summed E-state index contributed by atoms with van der Waals surface area (Å²) < 4.78 is 22.6. The number of sulfonamides is 1. The largest absolute Gasteiger partial charge is 0.309 e. The van der Waals surface area contributed by atoms with Crippen LogP contribution in [0.1, 0.15) is 12.0 Å². The smallest absolute Gasteiger partial charge is 0.228 e. The van der Waals surface area contributed by atoms with Gasteiger partial charge in [-0.05, 0) is 18.6 Å². The molecule has 5 nitrogen and oxygen atoms in total. The number of carbonyl (C=O) groups excluding carboxylic acids is 1. The normalized spacial score (nSPS) is 20.5. The van der Waals surface area contributed by atoms with E-state index in [4.69, 9.17) is 16.7 Å². The summed E-state index contributed by atoms with van der Waals surface area (Å²) in [5.74, 6) is -0.273. The van der Waals surface area contributed by atoms with E-state index in [1.54, 1.807) is 12.1 Å². The van der Waals surface area contributed by atoms with Crippen LogP contribution in [0.4, 0.5) is 5.69 Å². The third-order valence-electron chi connectivity index (χ3n) is 3.01. The third-order valence-corrected chi connectivity index (χ3v) is 4.56. The number of anilines is 1. The first-order chi connectivity index (χ1) is 8.30. The van der Waals surface area contributed by atoms with Gasteiger partial charge < -0.3 is 4.90 Å². The molecule has 0 spiro atoms. The Morgan fingerprint density at radius 3 is 2.61 bits per heavy atom. The number of nitrogens with zero attached hydrogens (tertiary/aromatic N) is 1. The Balaban J connectivity index is 2.39.